The van der Waals surface area contributed by atoms with E-state index in [1.807, 2.05) is 31.2 Å². The number of carbonyl (C=O) groups is 1. The van der Waals surface area contributed by atoms with Gasteiger partial charge in [-0.15, -0.1) is 0 Å². The molecule has 2 aromatic carbocycles. The van der Waals surface area contributed by atoms with Gasteiger partial charge in [-0.05, 0) is 36.8 Å². The molecule has 1 fully saturated rings. The third kappa shape index (κ3) is 6.04. The fraction of sp³-hybridized carbons (Fsp3) is 0.409. The van der Waals surface area contributed by atoms with Crippen molar-refractivity contribution in [3.8, 4) is 5.75 Å². The van der Waals surface area contributed by atoms with Gasteiger partial charge in [-0.1, -0.05) is 30.3 Å². The number of ether oxygens (including phenoxy) is 1. The number of nitrogens with one attached hydrogen (secondary N) is 1. The van der Waals surface area contributed by atoms with E-state index in [-0.39, 0.29) is 5.91 Å². The summed E-state index contributed by atoms with van der Waals surface area (Å²) >= 11 is 0. The number of hydrogen-bond acceptors (Lipinski definition) is 5. The van der Waals surface area contributed by atoms with Gasteiger partial charge in [0.2, 0.25) is 15.9 Å². The van der Waals surface area contributed by atoms with Gasteiger partial charge in [-0.3, -0.25) is 9.69 Å². The first kappa shape index (κ1) is 22.3. The molecule has 2 aromatic rings. The van der Waals surface area contributed by atoms with Crippen molar-refractivity contribution in [2.75, 3.05) is 45.9 Å². The standard InChI is InChI=1S/C22H29N3O4S/c1-2-29-20-10-8-19(9-11-20)18-22(26)23-12-13-24-14-16-25(17-15-24)30(27,28)21-6-4-3-5-7-21/h3-11H,2,12-18H2,1H3,(H,23,26). The number of hydrogen-bond donors (Lipinski definition) is 1. The van der Waals surface area contributed by atoms with Gasteiger partial charge in [0.05, 0.1) is 17.9 Å². The van der Waals surface area contributed by atoms with Gasteiger partial charge in [0, 0.05) is 39.3 Å². The molecule has 0 spiro atoms. The van der Waals surface area contributed by atoms with Crippen molar-refractivity contribution in [2.45, 2.75) is 18.2 Å². The van der Waals surface area contributed by atoms with Crippen LogP contribution in [0.1, 0.15) is 12.5 Å². The third-order valence-electron chi connectivity index (χ3n) is 5.06. The van der Waals surface area contributed by atoms with Crippen molar-refractivity contribution in [1.29, 1.82) is 0 Å². The Morgan fingerprint density at radius 2 is 1.67 bits per heavy atom. The number of piperazine rings is 1. The second-order valence-corrected chi connectivity index (χ2v) is 9.10. The van der Waals surface area contributed by atoms with E-state index in [1.165, 1.54) is 4.31 Å². The molecule has 0 saturated carbocycles. The zero-order valence-corrected chi connectivity index (χ0v) is 18.1. The van der Waals surface area contributed by atoms with Gasteiger partial charge in [0.15, 0.2) is 0 Å². The van der Waals surface area contributed by atoms with Crippen LogP contribution >= 0.6 is 0 Å². The van der Waals surface area contributed by atoms with Crippen molar-refractivity contribution < 1.29 is 17.9 Å². The van der Waals surface area contributed by atoms with Crippen LogP contribution in [-0.2, 0) is 21.2 Å². The smallest absolute Gasteiger partial charge is 0.243 e. The Hall–Kier alpha value is -2.42. The predicted octanol–water partition coefficient (Wildman–Crippen LogP) is 1.75. The minimum atomic E-state index is -3.43. The number of carbonyl (C=O) groups excluding carboxylic acids is 1. The Morgan fingerprint density at radius 1 is 1.00 bits per heavy atom. The predicted molar refractivity (Wildman–Crippen MR) is 116 cm³/mol. The van der Waals surface area contributed by atoms with E-state index in [2.05, 4.69) is 10.2 Å². The Balaban J connectivity index is 1.38. The molecule has 162 valence electrons. The van der Waals surface area contributed by atoms with Gasteiger partial charge >= 0.3 is 0 Å². The van der Waals surface area contributed by atoms with Crippen LogP contribution in [0.3, 0.4) is 0 Å². The SMILES string of the molecule is CCOc1ccc(CC(=O)NCCN2CCN(S(=O)(=O)c3ccccc3)CC2)cc1. The number of sulfonamides is 1. The minimum absolute atomic E-state index is 0.0237. The lowest BCUT2D eigenvalue weighted by Gasteiger charge is -2.33. The molecule has 1 N–H and O–H groups in total. The lowest BCUT2D eigenvalue weighted by Crippen LogP contribution is -2.50. The zero-order valence-electron chi connectivity index (χ0n) is 17.3. The quantitative estimate of drug-likeness (QED) is 0.655. The molecule has 1 aliphatic rings. The molecule has 1 saturated heterocycles. The van der Waals surface area contributed by atoms with Crippen LogP contribution in [0.2, 0.25) is 0 Å². The summed E-state index contributed by atoms with van der Waals surface area (Å²) in [5.74, 6) is 0.777. The molecular formula is C22H29N3O4S. The van der Waals surface area contributed by atoms with Crippen LogP contribution in [0.25, 0.3) is 0 Å². The summed E-state index contributed by atoms with van der Waals surface area (Å²) in [7, 11) is -3.43. The maximum atomic E-state index is 12.7. The number of benzene rings is 2. The highest BCUT2D eigenvalue weighted by Gasteiger charge is 2.28. The summed E-state index contributed by atoms with van der Waals surface area (Å²) < 4.78 is 32.3. The minimum Gasteiger partial charge on any atom is -0.494 e. The van der Waals surface area contributed by atoms with Crippen molar-refractivity contribution in [2.24, 2.45) is 0 Å². The maximum Gasteiger partial charge on any atom is 0.243 e. The molecule has 0 aromatic heterocycles. The highest BCUT2D eigenvalue weighted by molar-refractivity contribution is 7.89. The highest BCUT2D eigenvalue weighted by atomic mass is 32.2. The first-order chi connectivity index (χ1) is 14.5. The summed E-state index contributed by atoms with van der Waals surface area (Å²) in [6, 6.07) is 16.1. The van der Waals surface area contributed by atoms with Crippen LogP contribution in [0.15, 0.2) is 59.5 Å². The van der Waals surface area contributed by atoms with E-state index in [9.17, 15) is 13.2 Å². The number of rotatable bonds is 9. The Kier molecular flexibility index (Phi) is 7.84. The molecule has 7 nitrogen and oxygen atoms in total. The average Bonchev–Trinajstić information content (AvgIpc) is 2.76. The summed E-state index contributed by atoms with van der Waals surface area (Å²) in [4.78, 5) is 14.7. The molecule has 0 aliphatic carbocycles. The van der Waals surface area contributed by atoms with Crippen molar-refractivity contribution in [3.63, 3.8) is 0 Å². The van der Waals surface area contributed by atoms with Crippen molar-refractivity contribution in [1.82, 2.24) is 14.5 Å². The molecule has 30 heavy (non-hydrogen) atoms. The zero-order chi connectivity index (χ0) is 21.4. The lowest BCUT2D eigenvalue weighted by atomic mass is 10.1. The fourth-order valence-electron chi connectivity index (χ4n) is 3.41. The van der Waals surface area contributed by atoms with Crippen LogP contribution in [0.4, 0.5) is 0 Å². The molecule has 3 rings (SSSR count). The Bertz CT molecular complexity index is 909. The van der Waals surface area contributed by atoms with Gasteiger partial charge in [-0.25, -0.2) is 8.42 Å². The topological polar surface area (TPSA) is 79.0 Å². The Morgan fingerprint density at radius 3 is 2.30 bits per heavy atom. The van der Waals surface area contributed by atoms with E-state index in [0.29, 0.717) is 57.2 Å². The van der Waals surface area contributed by atoms with Gasteiger partial charge in [0.25, 0.3) is 0 Å². The molecule has 1 aliphatic heterocycles. The maximum absolute atomic E-state index is 12.7. The first-order valence-electron chi connectivity index (χ1n) is 10.2. The van der Waals surface area contributed by atoms with Crippen LogP contribution in [0, 0.1) is 0 Å². The normalized spacial score (nSPS) is 15.6. The third-order valence-corrected chi connectivity index (χ3v) is 6.97. The van der Waals surface area contributed by atoms with E-state index in [1.54, 1.807) is 30.3 Å². The van der Waals surface area contributed by atoms with Crippen LogP contribution in [-0.4, -0.2) is 69.4 Å². The van der Waals surface area contributed by atoms with Crippen LogP contribution < -0.4 is 10.1 Å². The first-order valence-corrected chi connectivity index (χ1v) is 11.7. The molecule has 0 bridgehead atoms. The number of nitrogens with zero attached hydrogens (tertiary/aromatic N) is 2. The fourth-order valence-corrected chi connectivity index (χ4v) is 4.85. The molecule has 8 heteroatoms. The van der Waals surface area contributed by atoms with Crippen LogP contribution in [0.5, 0.6) is 5.75 Å². The summed E-state index contributed by atoms with van der Waals surface area (Å²) in [5.41, 5.74) is 0.940. The van der Waals surface area contributed by atoms with E-state index >= 15 is 0 Å². The van der Waals surface area contributed by atoms with Gasteiger partial charge < -0.3 is 10.1 Å². The second kappa shape index (κ2) is 10.6. The molecule has 1 amide bonds. The summed E-state index contributed by atoms with van der Waals surface area (Å²) in [6.07, 6.45) is 0.329. The summed E-state index contributed by atoms with van der Waals surface area (Å²) in [6.45, 7) is 6.02. The van der Waals surface area contributed by atoms with E-state index in [4.69, 9.17) is 4.74 Å². The molecule has 0 atom stereocenters. The Labute approximate surface area is 178 Å². The monoisotopic (exact) mass is 431 g/mol. The van der Waals surface area contributed by atoms with Crippen molar-refractivity contribution in [3.05, 3.63) is 60.2 Å². The molecular weight excluding hydrogens is 402 g/mol. The lowest BCUT2D eigenvalue weighted by molar-refractivity contribution is -0.120. The number of amides is 1. The van der Waals surface area contributed by atoms with Gasteiger partial charge in [-0.2, -0.15) is 4.31 Å². The second-order valence-electron chi connectivity index (χ2n) is 7.16. The largest absolute Gasteiger partial charge is 0.494 e. The van der Waals surface area contributed by atoms with E-state index in [0.717, 1.165) is 11.3 Å². The van der Waals surface area contributed by atoms with E-state index < -0.39 is 10.0 Å². The average molecular weight is 432 g/mol. The molecule has 0 unspecified atom stereocenters. The molecule has 1 heterocycles. The van der Waals surface area contributed by atoms with Crippen molar-refractivity contribution >= 4 is 15.9 Å². The highest BCUT2D eigenvalue weighted by Crippen LogP contribution is 2.17. The summed E-state index contributed by atoms with van der Waals surface area (Å²) in [5, 5.41) is 2.94. The van der Waals surface area contributed by atoms with Gasteiger partial charge in [0.1, 0.15) is 5.75 Å². The molecule has 0 radical (unpaired) electrons.